The summed E-state index contributed by atoms with van der Waals surface area (Å²) in [5.74, 6) is -1.36. The molecule has 10 rings (SSSR count). The number of benzene rings is 1. The van der Waals surface area contributed by atoms with E-state index in [1.807, 2.05) is 6.20 Å². The highest BCUT2D eigenvalue weighted by atomic mass is 28.3. The maximum Gasteiger partial charge on any atom is 0.407 e. The predicted octanol–water partition coefficient (Wildman–Crippen LogP) is 5.05. The van der Waals surface area contributed by atoms with Crippen molar-refractivity contribution in [2.75, 3.05) is 109 Å². The van der Waals surface area contributed by atoms with Crippen LogP contribution in [-0.2, 0) is 41.5 Å². The first kappa shape index (κ1) is 52.1. The van der Waals surface area contributed by atoms with E-state index in [1.54, 1.807) is 7.11 Å². The van der Waals surface area contributed by atoms with E-state index in [0.717, 1.165) is 89.5 Å². The molecule has 2 amide bonds. The van der Waals surface area contributed by atoms with Crippen LogP contribution in [-0.4, -0.2) is 190 Å². The summed E-state index contributed by atoms with van der Waals surface area (Å²) in [5.41, 5.74) is 9.93. The molecule has 4 N–H and O–H groups in total. The van der Waals surface area contributed by atoms with Crippen molar-refractivity contribution in [2.24, 2.45) is 22.7 Å². The molecule has 0 radical (unpaired) electrons. The minimum atomic E-state index is -1.54. The number of aliphatic hydroxyl groups is 1. The van der Waals surface area contributed by atoms with Gasteiger partial charge in [0.25, 0.3) is 5.91 Å². The molecular weight excluding hydrogens is 947 g/mol. The summed E-state index contributed by atoms with van der Waals surface area (Å²) in [4.78, 5) is 56.3. The molecule has 0 bridgehead atoms. The van der Waals surface area contributed by atoms with Gasteiger partial charge in [-0.1, -0.05) is 33.5 Å². The molecule has 3 aromatic rings. The highest BCUT2D eigenvalue weighted by Crippen LogP contribution is 2.46. The average Bonchev–Trinajstić information content (AvgIpc) is 4.30. The SMILES string of the molecule is CCn1c(-c2cc(N3CCN(C4CC4)CC3)cnc2[C@H](C)OC)c(CC(C)(C)CO)c2cc(N3CCO[C@@H]([C@H]([C@H](NC(=O)OCC[Si](C)(C)C)C(=O)N4CC5CC5[C@@H](C(=O)O)N4)N4CC5(COC5)C4)C3)ccc21. The number of carbonyl (C=O) groups excluding carboxylic acids is 2. The van der Waals surface area contributed by atoms with Gasteiger partial charge in [0.15, 0.2) is 0 Å². The van der Waals surface area contributed by atoms with Crippen molar-refractivity contribution in [1.82, 2.24) is 35.1 Å². The number of aryl methyl sites for hydroxylation is 1. The van der Waals surface area contributed by atoms with Crippen LogP contribution < -0.4 is 20.5 Å². The molecule has 5 saturated heterocycles. The number of aliphatic carboxylic acids is 1. The van der Waals surface area contributed by atoms with Gasteiger partial charge >= 0.3 is 12.1 Å². The van der Waals surface area contributed by atoms with E-state index in [0.29, 0.717) is 65.5 Å². The second-order valence-corrected chi connectivity index (χ2v) is 30.0. The van der Waals surface area contributed by atoms with E-state index in [1.165, 1.54) is 17.9 Å². The van der Waals surface area contributed by atoms with Crippen LogP contribution in [0.5, 0.6) is 0 Å². The number of methoxy groups -OCH3 is 1. The van der Waals surface area contributed by atoms with Crippen LogP contribution in [0.2, 0.25) is 25.7 Å². The molecule has 400 valence electrons. The first-order valence-corrected chi connectivity index (χ1v) is 30.8. The van der Waals surface area contributed by atoms with Gasteiger partial charge in [0.05, 0.1) is 67.9 Å². The number of carbonyl (C=O) groups is 3. The van der Waals surface area contributed by atoms with E-state index in [9.17, 15) is 19.8 Å². The minimum Gasteiger partial charge on any atom is -0.480 e. The van der Waals surface area contributed by atoms with Crippen molar-refractivity contribution < 1.29 is 43.5 Å². The largest absolute Gasteiger partial charge is 0.480 e. The lowest BCUT2D eigenvalue weighted by Crippen LogP contribution is -2.76. The van der Waals surface area contributed by atoms with E-state index >= 15 is 4.79 Å². The summed E-state index contributed by atoms with van der Waals surface area (Å²) >= 11 is 0. The number of carboxylic acids is 1. The highest BCUT2D eigenvalue weighted by Gasteiger charge is 2.57. The Morgan fingerprint density at radius 1 is 1.03 bits per heavy atom. The number of piperazine rings is 1. The molecule has 2 aromatic heterocycles. The van der Waals surface area contributed by atoms with Crippen LogP contribution >= 0.6 is 0 Å². The molecule has 2 saturated carbocycles. The maximum atomic E-state index is 15.1. The molecule has 7 aliphatic rings. The lowest BCUT2D eigenvalue weighted by Gasteiger charge is -2.59. The Balaban J connectivity index is 1.00. The van der Waals surface area contributed by atoms with Crippen LogP contribution in [0.15, 0.2) is 30.5 Å². The lowest BCUT2D eigenvalue weighted by molar-refractivity contribution is -0.212. The molecule has 7 fully saturated rings. The fourth-order valence-electron chi connectivity index (χ4n) is 12.3. The number of likely N-dealkylation sites (tertiary alicyclic amines) is 1. The van der Waals surface area contributed by atoms with Gasteiger partial charge in [-0.05, 0) is 92.7 Å². The first-order chi connectivity index (χ1) is 34.9. The third-order valence-electron chi connectivity index (χ3n) is 17.0. The Kier molecular flexibility index (Phi) is 14.7. The molecule has 2 aliphatic carbocycles. The fraction of sp³-hybridized carbons (Fsp3) is 0.704. The standard InChI is InChI=1S/C54H81N9O9Si/c1-9-62-43-13-12-37(23-40(43)42(25-53(3,4)31-64)48(62)41-24-38(26-55-45(41)34(2)69-5)59-16-14-58(15-17-59)36-10-11-36)60-18-19-71-44(28-60)49(61-29-54(30-61)32-70-33-54)47(56-52(68)72-20-21-73(6,7)8)50(65)63-27-35-22-39(35)46(57-63)51(66)67/h12-13,23-24,26,34-36,39,44,46-47,49,57,64H,9-11,14-22,25,27-33H2,1-8H3,(H,56,68)(H,66,67)/t34-,35?,39?,44+,46-,47-,49+/m0/s1. The molecule has 5 aliphatic heterocycles. The molecule has 19 heteroatoms. The number of alkyl carbamates (subject to hydrolysis) is 1. The molecule has 18 nitrogen and oxygen atoms in total. The van der Waals surface area contributed by atoms with Gasteiger partial charge in [0.2, 0.25) is 0 Å². The van der Waals surface area contributed by atoms with E-state index < -0.39 is 55.7 Å². The fourth-order valence-corrected chi connectivity index (χ4v) is 13.0. The van der Waals surface area contributed by atoms with Crippen molar-refractivity contribution in [3.05, 3.63) is 41.7 Å². The van der Waals surface area contributed by atoms with Crippen molar-refractivity contribution in [3.63, 3.8) is 0 Å². The third kappa shape index (κ3) is 10.9. The monoisotopic (exact) mass is 1030 g/mol. The zero-order valence-electron chi connectivity index (χ0n) is 44.5. The normalized spacial score (nSPS) is 25.7. The van der Waals surface area contributed by atoms with Gasteiger partial charge in [0, 0.05) is 121 Å². The Hall–Kier alpha value is -4.34. The Labute approximate surface area is 432 Å². The summed E-state index contributed by atoms with van der Waals surface area (Å²) in [6, 6.07) is 7.92. The summed E-state index contributed by atoms with van der Waals surface area (Å²) in [7, 11) is 0.190. The zero-order valence-corrected chi connectivity index (χ0v) is 45.5. The summed E-state index contributed by atoms with van der Waals surface area (Å²) < 4.78 is 26.7. The third-order valence-corrected chi connectivity index (χ3v) is 18.7. The van der Waals surface area contributed by atoms with Crippen LogP contribution in [0.1, 0.15) is 64.3 Å². The lowest BCUT2D eigenvalue weighted by atomic mass is 9.75. The van der Waals surface area contributed by atoms with Crippen molar-refractivity contribution >= 4 is 48.3 Å². The van der Waals surface area contributed by atoms with Gasteiger partial charge in [-0.15, -0.1) is 0 Å². The number of hydrogen-bond acceptors (Lipinski definition) is 14. The Morgan fingerprint density at radius 2 is 1.78 bits per heavy atom. The number of anilines is 2. The summed E-state index contributed by atoms with van der Waals surface area (Å²) in [6.45, 7) is 24.5. The molecule has 7 heterocycles. The van der Waals surface area contributed by atoms with Gasteiger partial charge in [-0.25, -0.2) is 10.2 Å². The number of rotatable bonds is 19. The zero-order chi connectivity index (χ0) is 51.6. The number of pyridine rings is 1. The van der Waals surface area contributed by atoms with Gasteiger partial charge < -0.3 is 48.8 Å². The van der Waals surface area contributed by atoms with Crippen molar-refractivity contribution in [2.45, 2.75) is 122 Å². The average molecular weight is 1030 g/mol. The van der Waals surface area contributed by atoms with Crippen molar-refractivity contribution in [3.8, 4) is 11.3 Å². The Morgan fingerprint density at radius 3 is 2.42 bits per heavy atom. The quantitative estimate of drug-likeness (QED) is 0.117. The highest BCUT2D eigenvalue weighted by molar-refractivity contribution is 6.76. The molecule has 2 unspecified atom stereocenters. The number of ether oxygens (including phenoxy) is 4. The summed E-state index contributed by atoms with van der Waals surface area (Å²) in [5, 5.41) is 26.6. The molecular formula is C54H81N9O9Si. The van der Waals surface area contributed by atoms with Crippen LogP contribution in [0.25, 0.3) is 22.2 Å². The molecule has 7 atom stereocenters. The topological polar surface area (TPSA) is 187 Å². The second-order valence-electron chi connectivity index (χ2n) is 24.4. The van der Waals surface area contributed by atoms with Crippen molar-refractivity contribution in [1.29, 1.82) is 0 Å². The number of nitrogens with zero attached hydrogens (tertiary/aromatic N) is 7. The smallest absolute Gasteiger partial charge is 0.407 e. The molecule has 73 heavy (non-hydrogen) atoms. The number of carboxylic acid groups (broad SMARTS) is 1. The van der Waals surface area contributed by atoms with Crippen LogP contribution in [0, 0.1) is 22.7 Å². The molecule has 1 aromatic carbocycles. The number of fused-ring (bicyclic) bond motifs is 2. The number of morpholine rings is 1. The number of hydrazine groups is 1. The van der Waals surface area contributed by atoms with E-state index in [4.69, 9.17) is 23.9 Å². The van der Waals surface area contributed by atoms with E-state index in [-0.39, 0.29) is 36.6 Å². The number of nitrogens with one attached hydrogen (secondary N) is 2. The van der Waals surface area contributed by atoms with E-state index in [2.05, 4.69) is 107 Å². The number of aromatic nitrogens is 2. The van der Waals surface area contributed by atoms with Gasteiger partial charge in [-0.2, -0.15) is 0 Å². The number of aliphatic hydroxyl groups excluding tert-OH is 1. The first-order valence-electron chi connectivity index (χ1n) is 27.1. The summed E-state index contributed by atoms with van der Waals surface area (Å²) in [6.07, 6.45) is 4.49. The number of amides is 2. The number of hydrogen-bond donors (Lipinski definition) is 4. The molecule has 1 spiro atoms. The predicted molar refractivity (Wildman–Crippen MR) is 283 cm³/mol. The van der Waals surface area contributed by atoms with Crippen LogP contribution in [0.3, 0.4) is 0 Å². The van der Waals surface area contributed by atoms with Crippen LogP contribution in [0.4, 0.5) is 16.2 Å². The Bertz CT molecular complexity index is 2510. The second kappa shape index (κ2) is 20.6. The van der Waals surface area contributed by atoms with Gasteiger partial charge in [0.1, 0.15) is 12.1 Å². The van der Waals surface area contributed by atoms with Gasteiger partial charge in [-0.3, -0.25) is 29.4 Å². The minimum absolute atomic E-state index is 0.0111. The maximum absolute atomic E-state index is 15.1.